The number of nitriles is 1. The SMILES string of the molecule is N#CC(CNC1CNC(=O)C1)c1ccccc1. The van der Waals surface area contributed by atoms with E-state index in [1.165, 1.54) is 0 Å². The maximum Gasteiger partial charge on any atom is 0.221 e. The monoisotopic (exact) mass is 229 g/mol. The molecule has 17 heavy (non-hydrogen) atoms. The second kappa shape index (κ2) is 5.46. The maximum absolute atomic E-state index is 11.0. The van der Waals surface area contributed by atoms with Crippen LogP contribution in [-0.2, 0) is 4.79 Å². The number of hydrogen-bond acceptors (Lipinski definition) is 3. The number of hydrogen-bond donors (Lipinski definition) is 2. The average Bonchev–Trinajstić information content (AvgIpc) is 2.77. The van der Waals surface area contributed by atoms with Crippen molar-refractivity contribution in [2.75, 3.05) is 13.1 Å². The van der Waals surface area contributed by atoms with Crippen LogP contribution in [-0.4, -0.2) is 25.0 Å². The van der Waals surface area contributed by atoms with Crippen molar-refractivity contribution >= 4 is 5.91 Å². The summed E-state index contributed by atoms with van der Waals surface area (Å²) >= 11 is 0. The lowest BCUT2D eigenvalue weighted by molar-refractivity contribution is -0.119. The van der Waals surface area contributed by atoms with Crippen molar-refractivity contribution in [3.63, 3.8) is 0 Å². The standard InChI is InChI=1S/C13H15N3O/c14-7-11(10-4-2-1-3-5-10)8-15-12-6-13(17)16-9-12/h1-5,11-12,15H,6,8-9H2,(H,16,17). The van der Waals surface area contributed by atoms with Crippen LogP contribution in [0.5, 0.6) is 0 Å². The van der Waals surface area contributed by atoms with E-state index in [0.717, 1.165) is 5.56 Å². The van der Waals surface area contributed by atoms with Crippen LogP contribution < -0.4 is 10.6 Å². The Morgan fingerprint density at radius 2 is 2.24 bits per heavy atom. The molecule has 1 fully saturated rings. The number of carbonyl (C=O) groups excluding carboxylic acids is 1. The van der Waals surface area contributed by atoms with Gasteiger partial charge in [-0.25, -0.2) is 0 Å². The van der Waals surface area contributed by atoms with E-state index in [4.69, 9.17) is 5.26 Å². The highest BCUT2D eigenvalue weighted by molar-refractivity contribution is 5.78. The Balaban J connectivity index is 1.89. The van der Waals surface area contributed by atoms with Gasteiger partial charge in [-0.1, -0.05) is 30.3 Å². The van der Waals surface area contributed by atoms with Crippen molar-refractivity contribution in [3.05, 3.63) is 35.9 Å². The third-order valence-electron chi connectivity index (χ3n) is 2.95. The topological polar surface area (TPSA) is 64.9 Å². The minimum absolute atomic E-state index is 0.0794. The first-order valence-electron chi connectivity index (χ1n) is 5.74. The van der Waals surface area contributed by atoms with Gasteiger partial charge in [0.05, 0.1) is 12.0 Å². The molecule has 88 valence electrons. The van der Waals surface area contributed by atoms with E-state index in [9.17, 15) is 4.79 Å². The van der Waals surface area contributed by atoms with Crippen LogP contribution in [0.25, 0.3) is 0 Å². The summed E-state index contributed by atoms with van der Waals surface area (Å²) in [6.45, 7) is 1.24. The van der Waals surface area contributed by atoms with Crippen LogP contribution in [0.4, 0.5) is 0 Å². The van der Waals surface area contributed by atoms with E-state index in [-0.39, 0.29) is 17.9 Å². The van der Waals surface area contributed by atoms with Crippen LogP contribution in [0.1, 0.15) is 17.9 Å². The van der Waals surface area contributed by atoms with E-state index < -0.39 is 0 Å². The van der Waals surface area contributed by atoms with E-state index in [1.54, 1.807) is 0 Å². The first-order valence-corrected chi connectivity index (χ1v) is 5.74. The Kier molecular flexibility index (Phi) is 3.73. The first kappa shape index (κ1) is 11.6. The van der Waals surface area contributed by atoms with Crippen LogP contribution in [0.15, 0.2) is 30.3 Å². The normalized spacial score (nSPS) is 20.6. The molecule has 1 aromatic rings. The average molecular weight is 229 g/mol. The Hall–Kier alpha value is -1.86. The Morgan fingerprint density at radius 3 is 2.82 bits per heavy atom. The lowest BCUT2D eigenvalue weighted by Gasteiger charge is -2.14. The molecule has 1 heterocycles. The summed E-state index contributed by atoms with van der Waals surface area (Å²) in [6, 6.07) is 12.1. The smallest absolute Gasteiger partial charge is 0.221 e. The number of carbonyl (C=O) groups is 1. The van der Waals surface area contributed by atoms with Crippen molar-refractivity contribution in [1.29, 1.82) is 5.26 Å². The number of benzene rings is 1. The number of nitrogens with one attached hydrogen (secondary N) is 2. The zero-order valence-corrected chi connectivity index (χ0v) is 9.52. The van der Waals surface area contributed by atoms with Crippen LogP contribution >= 0.6 is 0 Å². The number of nitrogens with zero attached hydrogens (tertiary/aromatic N) is 1. The summed E-state index contributed by atoms with van der Waals surface area (Å²) in [5.74, 6) is -0.0809. The Bertz CT molecular complexity index is 424. The van der Waals surface area contributed by atoms with Gasteiger partial charge >= 0.3 is 0 Å². The van der Waals surface area contributed by atoms with E-state index in [2.05, 4.69) is 16.7 Å². The third kappa shape index (κ3) is 3.05. The molecule has 0 radical (unpaired) electrons. The Morgan fingerprint density at radius 1 is 1.47 bits per heavy atom. The van der Waals surface area contributed by atoms with Gasteiger partial charge in [0.1, 0.15) is 0 Å². The third-order valence-corrected chi connectivity index (χ3v) is 2.95. The molecule has 1 saturated heterocycles. The first-order chi connectivity index (χ1) is 8.29. The molecule has 0 spiro atoms. The molecular formula is C13H15N3O. The van der Waals surface area contributed by atoms with Crippen LogP contribution in [0.2, 0.25) is 0 Å². The molecule has 4 heteroatoms. The summed E-state index contributed by atoms with van der Waals surface area (Å²) < 4.78 is 0. The number of amides is 1. The zero-order chi connectivity index (χ0) is 12.1. The lowest BCUT2D eigenvalue weighted by Crippen LogP contribution is -2.33. The molecule has 1 amide bonds. The van der Waals surface area contributed by atoms with Crippen molar-refractivity contribution < 1.29 is 4.79 Å². The minimum Gasteiger partial charge on any atom is -0.354 e. The fourth-order valence-corrected chi connectivity index (χ4v) is 1.96. The van der Waals surface area contributed by atoms with E-state index in [1.807, 2.05) is 30.3 Å². The van der Waals surface area contributed by atoms with Gasteiger partial charge in [-0.2, -0.15) is 5.26 Å². The summed E-state index contributed by atoms with van der Waals surface area (Å²) in [5, 5.41) is 15.2. The van der Waals surface area contributed by atoms with Gasteiger partial charge in [0.25, 0.3) is 0 Å². The predicted octanol–water partition coefficient (Wildman–Crippen LogP) is 0.772. The molecule has 0 aromatic heterocycles. The lowest BCUT2D eigenvalue weighted by atomic mass is 10.0. The fraction of sp³-hybridized carbons (Fsp3) is 0.385. The second-order valence-electron chi connectivity index (χ2n) is 4.21. The van der Waals surface area contributed by atoms with Crippen molar-refractivity contribution in [3.8, 4) is 6.07 Å². The van der Waals surface area contributed by atoms with Gasteiger partial charge in [0, 0.05) is 25.6 Å². The van der Waals surface area contributed by atoms with Gasteiger partial charge in [-0.3, -0.25) is 4.79 Å². The molecule has 2 atom stereocenters. The molecule has 2 rings (SSSR count). The van der Waals surface area contributed by atoms with Crippen LogP contribution in [0.3, 0.4) is 0 Å². The molecule has 1 aliphatic heterocycles. The van der Waals surface area contributed by atoms with Gasteiger partial charge in [0.2, 0.25) is 5.91 Å². The molecule has 2 unspecified atom stereocenters. The zero-order valence-electron chi connectivity index (χ0n) is 9.52. The summed E-state index contributed by atoms with van der Waals surface area (Å²) in [4.78, 5) is 11.0. The highest BCUT2D eigenvalue weighted by Crippen LogP contribution is 2.13. The number of rotatable bonds is 4. The quantitative estimate of drug-likeness (QED) is 0.801. The van der Waals surface area contributed by atoms with Crippen LogP contribution in [0, 0.1) is 11.3 Å². The largest absolute Gasteiger partial charge is 0.354 e. The summed E-state index contributed by atoms with van der Waals surface area (Å²) in [6.07, 6.45) is 0.507. The molecule has 1 aliphatic rings. The van der Waals surface area contributed by atoms with Gasteiger partial charge in [-0.05, 0) is 5.56 Å². The molecule has 2 N–H and O–H groups in total. The maximum atomic E-state index is 11.0. The van der Waals surface area contributed by atoms with E-state index >= 15 is 0 Å². The van der Waals surface area contributed by atoms with E-state index in [0.29, 0.717) is 19.5 Å². The van der Waals surface area contributed by atoms with Crippen molar-refractivity contribution in [1.82, 2.24) is 10.6 Å². The summed E-state index contributed by atoms with van der Waals surface area (Å²) in [7, 11) is 0. The molecule has 1 aromatic carbocycles. The van der Waals surface area contributed by atoms with Gasteiger partial charge in [0.15, 0.2) is 0 Å². The molecule has 0 bridgehead atoms. The highest BCUT2D eigenvalue weighted by atomic mass is 16.1. The van der Waals surface area contributed by atoms with Gasteiger partial charge < -0.3 is 10.6 Å². The second-order valence-corrected chi connectivity index (χ2v) is 4.21. The molecule has 4 nitrogen and oxygen atoms in total. The molecular weight excluding hydrogens is 214 g/mol. The van der Waals surface area contributed by atoms with Crippen molar-refractivity contribution in [2.24, 2.45) is 0 Å². The fourth-order valence-electron chi connectivity index (χ4n) is 1.96. The predicted molar refractivity (Wildman–Crippen MR) is 64.2 cm³/mol. The molecule has 0 aliphatic carbocycles. The Labute approximate surface area is 101 Å². The summed E-state index contributed by atoms with van der Waals surface area (Å²) in [5.41, 5.74) is 1.01. The minimum atomic E-state index is -0.160. The highest BCUT2D eigenvalue weighted by Gasteiger charge is 2.22. The molecule has 0 saturated carbocycles. The van der Waals surface area contributed by atoms with Crippen molar-refractivity contribution in [2.45, 2.75) is 18.4 Å². The van der Waals surface area contributed by atoms with Gasteiger partial charge in [-0.15, -0.1) is 0 Å².